The van der Waals surface area contributed by atoms with E-state index in [9.17, 15) is 24.9 Å². The summed E-state index contributed by atoms with van der Waals surface area (Å²) in [5.41, 5.74) is 3.22. The van der Waals surface area contributed by atoms with Crippen molar-refractivity contribution in [3.8, 4) is 51.6 Å². The normalized spacial score (nSPS) is 15.2. The van der Waals surface area contributed by atoms with E-state index in [1.807, 2.05) is 12.1 Å². The molecule has 10 heteroatoms. The number of hydrogen-bond acceptors (Lipinski definition) is 10. The van der Waals surface area contributed by atoms with Crippen molar-refractivity contribution >= 4 is 16.9 Å². The van der Waals surface area contributed by atoms with Crippen molar-refractivity contribution in [3.63, 3.8) is 0 Å². The molecule has 2 aliphatic heterocycles. The molecule has 228 valence electrons. The Morgan fingerprint density at radius 3 is 2.56 bits per heavy atom. The molecule has 4 aromatic carbocycles. The summed E-state index contributed by atoms with van der Waals surface area (Å²) in [7, 11) is 1.54. The maximum Gasteiger partial charge on any atom is 0.312 e. The van der Waals surface area contributed by atoms with Gasteiger partial charge >= 0.3 is 5.97 Å². The van der Waals surface area contributed by atoms with Gasteiger partial charge in [-0.05, 0) is 53.1 Å². The van der Waals surface area contributed by atoms with E-state index < -0.39 is 28.8 Å². The average Bonchev–Trinajstić information content (AvgIpc) is 3.49. The van der Waals surface area contributed by atoms with Crippen LogP contribution in [-0.2, 0) is 17.6 Å². The maximum absolute atomic E-state index is 13.3. The second-order valence-corrected chi connectivity index (χ2v) is 11.0. The Morgan fingerprint density at radius 2 is 1.73 bits per heavy atom. The number of rotatable bonds is 7. The van der Waals surface area contributed by atoms with E-state index in [2.05, 4.69) is 6.07 Å². The molecule has 45 heavy (non-hydrogen) atoms. The Labute approximate surface area is 256 Å². The Balaban J connectivity index is 1.28. The minimum atomic E-state index is -0.624. The Bertz CT molecular complexity index is 2040. The monoisotopic (exact) mass is 608 g/mol. The van der Waals surface area contributed by atoms with Gasteiger partial charge in [-0.15, -0.1) is 0 Å². The molecule has 0 saturated carbocycles. The number of carbonyl (C=O) groups excluding carboxylic acids is 1. The minimum absolute atomic E-state index is 0.0384. The SMILES string of the molecule is COc1ccc(C2CC(=O)Oc3cc(O)c4c(=O)cc(-c5ccc(O)c(O)c5)oc4c32)cc1OCCc1ccc2c(c1)CCO2. The van der Waals surface area contributed by atoms with Gasteiger partial charge in [-0.2, -0.15) is 0 Å². The molecule has 0 bridgehead atoms. The highest BCUT2D eigenvalue weighted by molar-refractivity contribution is 5.93. The molecule has 10 nitrogen and oxygen atoms in total. The molecule has 0 radical (unpaired) electrons. The van der Waals surface area contributed by atoms with E-state index in [4.69, 9.17) is 23.4 Å². The van der Waals surface area contributed by atoms with E-state index in [1.54, 1.807) is 25.3 Å². The van der Waals surface area contributed by atoms with Crippen LogP contribution in [0.5, 0.6) is 40.2 Å². The predicted octanol–water partition coefficient (Wildman–Crippen LogP) is 5.58. The van der Waals surface area contributed by atoms with E-state index in [-0.39, 0.29) is 34.6 Å². The summed E-state index contributed by atoms with van der Waals surface area (Å²) in [5.74, 6) is -0.210. The first-order valence-corrected chi connectivity index (χ1v) is 14.4. The zero-order valence-corrected chi connectivity index (χ0v) is 24.2. The van der Waals surface area contributed by atoms with Crippen molar-refractivity contribution in [2.75, 3.05) is 20.3 Å². The molecular weight excluding hydrogens is 580 g/mol. The molecule has 1 atom stereocenters. The number of benzene rings is 4. The van der Waals surface area contributed by atoms with Gasteiger partial charge in [0.25, 0.3) is 0 Å². The third-order valence-electron chi connectivity index (χ3n) is 8.18. The molecule has 0 amide bonds. The third-order valence-corrected chi connectivity index (χ3v) is 8.18. The van der Waals surface area contributed by atoms with Gasteiger partial charge in [0.05, 0.1) is 26.7 Å². The van der Waals surface area contributed by atoms with Gasteiger partial charge in [-0.3, -0.25) is 9.59 Å². The van der Waals surface area contributed by atoms with Gasteiger partial charge in [-0.1, -0.05) is 18.2 Å². The van der Waals surface area contributed by atoms with Crippen molar-refractivity contribution in [1.29, 1.82) is 0 Å². The van der Waals surface area contributed by atoms with E-state index in [0.29, 0.717) is 47.8 Å². The van der Waals surface area contributed by atoms with Gasteiger partial charge < -0.3 is 38.7 Å². The fourth-order valence-corrected chi connectivity index (χ4v) is 5.96. The van der Waals surface area contributed by atoms with Gasteiger partial charge in [-0.25, -0.2) is 0 Å². The van der Waals surface area contributed by atoms with E-state index in [1.165, 1.54) is 35.9 Å². The first kappa shape index (κ1) is 28.1. The Kier molecular flexibility index (Phi) is 6.96. The number of aromatic hydroxyl groups is 3. The summed E-state index contributed by atoms with van der Waals surface area (Å²) in [6.07, 6.45) is 1.48. The number of carbonyl (C=O) groups is 1. The van der Waals surface area contributed by atoms with Gasteiger partial charge in [0, 0.05) is 42.0 Å². The highest BCUT2D eigenvalue weighted by Gasteiger charge is 2.34. The van der Waals surface area contributed by atoms with Crippen LogP contribution in [0.15, 0.2) is 75.9 Å². The first-order valence-electron chi connectivity index (χ1n) is 14.4. The molecule has 7 rings (SSSR count). The molecule has 3 N–H and O–H groups in total. The van der Waals surface area contributed by atoms with Crippen LogP contribution in [0.2, 0.25) is 0 Å². The van der Waals surface area contributed by atoms with Crippen LogP contribution in [0.4, 0.5) is 0 Å². The van der Waals surface area contributed by atoms with Crippen molar-refractivity contribution in [2.24, 2.45) is 0 Å². The zero-order chi connectivity index (χ0) is 31.2. The van der Waals surface area contributed by atoms with Gasteiger partial charge in [0.1, 0.15) is 34.0 Å². The Hall–Kier alpha value is -5.64. The zero-order valence-electron chi connectivity index (χ0n) is 24.2. The molecule has 1 unspecified atom stereocenters. The lowest BCUT2D eigenvalue weighted by Crippen LogP contribution is -2.22. The lowest BCUT2D eigenvalue weighted by atomic mass is 9.85. The summed E-state index contributed by atoms with van der Waals surface area (Å²) >= 11 is 0. The van der Waals surface area contributed by atoms with Crippen LogP contribution in [0.3, 0.4) is 0 Å². The van der Waals surface area contributed by atoms with Crippen LogP contribution < -0.4 is 24.4 Å². The second kappa shape index (κ2) is 11.1. The van der Waals surface area contributed by atoms with Gasteiger partial charge in [0.15, 0.2) is 28.4 Å². The molecule has 0 saturated heterocycles. The Morgan fingerprint density at radius 1 is 0.867 bits per heavy atom. The average molecular weight is 609 g/mol. The van der Waals surface area contributed by atoms with Crippen molar-refractivity contribution in [3.05, 3.63) is 99.2 Å². The third kappa shape index (κ3) is 5.14. The molecule has 0 spiro atoms. The molecule has 0 fully saturated rings. The molecule has 1 aromatic heterocycles. The van der Waals surface area contributed by atoms with Crippen LogP contribution >= 0.6 is 0 Å². The van der Waals surface area contributed by atoms with E-state index in [0.717, 1.165) is 17.7 Å². The lowest BCUT2D eigenvalue weighted by molar-refractivity contribution is -0.135. The topological polar surface area (TPSA) is 145 Å². The van der Waals surface area contributed by atoms with Crippen LogP contribution in [0, 0.1) is 0 Å². The number of fused-ring (bicyclic) bond motifs is 4. The number of methoxy groups -OCH3 is 1. The molecule has 5 aromatic rings. The summed E-state index contributed by atoms with van der Waals surface area (Å²) in [6.45, 7) is 1.06. The highest BCUT2D eigenvalue weighted by atomic mass is 16.5. The fraction of sp³-hybridized carbons (Fsp3) is 0.200. The number of ether oxygens (including phenoxy) is 4. The summed E-state index contributed by atoms with van der Waals surface area (Å²) in [6, 6.07) is 17.9. The predicted molar refractivity (Wildman–Crippen MR) is 163 cm³/mol. The largest absolute Gasteiger partial charge is 0.507 e. The quantitative estimate of drug-likeness (QED) is 0.122. The van der Waals surface area contributed by atoms with Crippen molar-refractivity contribution < 1.29 is 43.5 Å². The van der Waals surface area contributed by atoms with Crippen LogP contribution in [0.1, 0.15) is 34.6 Å². The smallest absolute Gasteiger partial charge is 0.312 e. The lowest BCUT2D eigenvalue weighted by Gasteiger charge is -2.26. The van der Waals surface area contributed by atoms with Crippen molar-refractivity contribution in [1.82, 2.24) is 0 Å². The van der Waals surface area contributed by atoms with E-state index >= 15 is 0 Å². The molecule has 2 aliphatic rings. The van der Waals surface area contributed by atoms with Crippen LogP contribution in [0.25, 0.3) is 22.3 Å². The standard InChI is InChI=1S/C35H28O10/c1-41-28-7-4-19(14-30(28)43-10-8-18-2-6-27-21(12-18)9-11-42-27)22-15-32(40)44-31-17-26(39)34-25(38)16-29(45-35(34)33(22)31)20-3-5-23(36)24(37)13-20/h2-7,12-14,16-17,22,36-37,39H,8-11,15H2,1H3. The number of phenols is 3. The molecule has 0 aliphatic carbocycles. The molecule has 3 heterocycles. The maximum atomic E-state index is 13.3. The summed E-state index contributed by atoms with van der Waals surface area (Å²) in [4.78, 5) is 26.1. The number of phenolic OH excluding ortho intramolecular Hbond substituents is 3. The fourth-order valence-electron chi connectivity index (χ4n) is 5.96. The summed E-state index contributed by atoms with van der Waals surface area (Å²) in [5, 5.41) is 30.5. The summed E-state index contributed by atoms with van der Waals surface area (Å²) < 4.78 is 29.1. The van der Waals surface area contributed by atoms with Crippen molar-refractivity contribution in [2.45, 2.75) is 25.2 Å². The minimum Gasteiger partial charge on any atom is -0.507 e. The second-order valence-electron chi connectivity index (χ2n) is 11.0. The highest BCUT2D eigenvalue weighted by Crippen LogP contribution is 2.47. The van der Waals surface area contributed by atoms with Crippen LogP contribution in [-0.4, -0.2) is 41.6 Å². The van der Waals surface area contributed by atoms with Gasteiger partial charge in [0.2, 0.25) is 0 Å². The molecular formula is C35H28O10. The number of hydrogen-bond donors (Lipinski definition) is 3. The number of esters is 1. The first-order chi connectivity index (χ1) is 21.8.